The molecule has 194 valence electrons. The number of anilines is 1. The normalized spacial score (nSPS) is 12.0. The molecule has 1 heterocycles. The summed E-state index contributed by atoms with van der Waals surface area (Å²) in [6.07, 6.45) is -4.56. The summed E-state index contributed by atoms with van der Waals surface area (Å²) in [4.78, 5) is 12.3. The van der Waals surface area contributed by atoms with Crippen LogP contribution < -0.4 is 10.6 Å². The van der Waals surface area contributed by atoms with Crippen LogP contribution in [0.3, 0.4) is 0 Å². The molecule has 0 unspecified atom stereocenters. The largest absolute Gasteiger partial charge is 0.416 e. The summed E-state index contributed by atoms with van der Waals surface area (Å²) in [5, 5.41) is 5.19. The second-order valence-corrected chi connectivity index (χ2v) is 10.5. The van der Waals surface area contributed by atoms with Gasteiger partial charge in [-0.1, -0.05) is 36.4 Å². The second-order valence-electron chi connectivity index (χ2n) is 8.42. The van der Waals surface area contributed by atoms with Gasteiger partial charge in [-0.3, -0.25) is 0 Å². The number of alkyl halides is 3. The number of hydrogen-bond acceptors (Lipinski definition) is 3. The van der Waals surface area contributed by atoms with Gasteiger partial charge in [-0.25, -0.2) is 17.6 Å². The van der Waals surface area contributed by atoms with Crippen molar-refractivity contribution in [3.05, 3.63) is 95.4 Å². The minimum Gasteiger partial charge on any atom is -0.339 e. The van der Waals surface area contributed by atoms with Crippen LogP contribution in [0.25, 0.3) is 10.9 Å². The van der Waals surface area contributed by atoms with E-state index in [-0.39, 0.29) is 22.9 Å². The molecule has 11 heteroatoms. The van der Waals surface area contributed by atoms with Gasteiger partial charge in [-0.05, 0) is 48.9 Å². The summed E-state index contributed by atoms with van der Waals surface area (Å²) in [7, 11) is -3.86. The third-order valence-electron chi connectivity index (χ3n) is 5.84. The van der Waals surface area contributed by atoms with Crippen molar-refractivity contribution >= 4 is 32.5 Å². The molecule has 4 aromatic rings. The van der Waals surface area contributed by atoms with Crippen molar-refractivity contribution in [1.29, 1.82) is 0 Å². The van der Waals surface area contributed by atoms with Crippen LogP contribution in [0.2, 0.25) is 0 Å². The molecule has 0 radical (unpaired) electrons. The van der Waals surface area contributed by atoms with Crippen molar-refractivity contribution in [3.63, 3.8) is 0 Å². The monoisotopic (exact) mass is 533 g/mol. The molecule has 3 aromatic carbocycles. The number of urea groups is 1. The number of aromatic nitrogens is 1. The lowest BCUT2D eigenvalue weighted by atomic mass is 10.2. The second kappa shape index (κ2) is 10.3. The maximum Gasteiger partial charge on any atom is 0.416 e. The first-order chi connectivity index (χ1) is 17.5. The number of sulfone groups is 1. The number of hydrogen-bond donors (Lipinski definition) is 2. The van der Waals surface area contributed by atoms with Crippen LogP contribution in [0.4, 0.5) is 28.0 Å². The maximum absolute atomic E-state index is 13.3. The molecule has 4 rings (SSSR count). The van der Waals surface area contributed by atoms with Gasteiger partial charge in [0.05, 0.1) is 16.2 Å². The number of amides is 2. The molecular weight excluding hydrogens is 510 g/mol. The smallest absolute Gasteiger partial charge is 0.339 e. The molecule has 0 saturated carbocycles. The molecule has 6 nitrogen and oxygen atoms in total. The summed E-state index contributed by atoms with van der Waals surface area (Å²) >= 11 is 0. The van der Waals surface area contributed by atoms with Gasteiger partial charge in [0, 0.05) is 35.4 Å². The summed E-state index contributed by atoms with van der Waals surface area (Å²) in [6, 6.07) is 16.2. The fraction of sp³-hybridized carbons (Fsp3) is 0.192. The zero-order chi connectivity index (χ0) is 26.8. The number of carbonyl (C=O) groups is 1. The lowest BCUT2D eigenvalue weighted by Gasteiger charge is -2.11. The number of rotatable bonds is 7. The molecular formula is C26H23F4N3O3S. The Bertz CT molecular complexity index is 1550. The quantitative estimate of drug-likeness (QED) is 0.297. The van der Waals surface area contributed by atoms with Crippen LogP contribution in [0.1, 0.15) is 16.8 Å². The van der Waals surface area contributed by atoms with E-state index < -0.39 is 33.4 Å². The molecule has 0 aliphatic carbocycles. The molecule has 0 aliphatic heterocycles. The minimum atomic E-state index is -4.56. The number of benzene rings is 3. The van der Waals surface area contributed by atoms with Gasteiger partial charge in [0.25, 0.3) is 0 Å². The Hall–Kier alpha value is -3.86. The van der Waals surface area contributed by atoms with Crippen LogP contribution in [0.5, 0.6) is 0 Å². The highest BCUT2D eigenvalue weighted by Crippen LogP contribution is 2.32. The van der Waals surface area contributed by atoms with E-state index in [1.807, 2.05) is 4.57 Å². The predicted molar refractivity (Wildman–Crippen MR) is 133 cm³/mol. The molecule has 0 aliphatic rings. The predicted octanol–water partition coefficient (Wildman–Crippen LogP) is 5.75. The molecule has 0 fully saturated rings. The number of carbonyl (C=O) groups excluding carboxylic acids is 1. The zero-order valence-corrected chi connectivity index (χ0v) is 20.5. The van der Waals surface area contributed by atoms with Gasteiger partial charge >= 0.3 is 12.2 Å². The van der Waals surface area contributed by atoms with Crippen molar-refractivity contribution in [2.24, 2.45) is 0 Å². The molecule has 37 heavy (non-hydrogen) atoms. The van der Waals surface area contributed by atoms with Gasteiger partial charge in [-0.2, -0.15) is 13.2 Å². The first-order valence-corrected chi connectivity index (χ1v) is 12.9. The van der Waals surface area contributed by atoms with E-state index in [2.05, 4.69) is 10.6 Å². The van der Waals surface area contributed by atoms with Gasteiger partial charge in [0.15, 0.2) is 9.84 Å². The Morgan fingerprint density at radius 3 is 2.38 bits per heavy atom. The van der Waals surface area contributed by atoms with Crippen LogP contribution in [0.15, 0.2) is 77.7 Å². The lowest BCUT2D eigenvalue weighted by Crippen LogP contribution is -2.33. The first-order valence-electron chi connectivity index (χ1n) is 11.2. The average Bonchev–Trinajstić information content (AvgIpc) is 3.12. The highest BCUT2D eigenvalue weighted by atomic mass is 32.2. The van der Waals surface area contributed by atoms with Crippen LogP contribution in [-0.4, -0.2) is 31.3 Å². The SMILES string of the molecule is Cc1c(S(=O)(=O)CCNC(=O)Nc2cccc(C(F)(F)F)c2)c2ccccc2n1Cc1ccc(F)cc1. The Labute approximate surface area is 210 Å². The van der Waals surface area contributed by atoms with Crippen molar-refractivity contribution in [2.45, 2.75) is 24.5 Å². The summed E-state index contributed by atoms with van der Waals surface area (Å²) in [5.41, 5.74) is 0.995. The van der Waals surface area contributed by atoms with E-state index >= 15 is 0 Å². The molecule has 2 N–H and O–H groups in total. The first kappa shape index (κ1) is 26.2. The van der Waals surface area contributed by atoms with Crippen LogP contribution in [0, 0.1) is 12.7 Å². The fourth-order valence-electron chi connectivity index (χ4n) is 4.12. The summed E-state index contributed by atoms with van der Waals surface area (Å²) in [5.74, 6) is -0.792. The number of fused-ring (bicyclic) bond motifs is 1. The van der Waals surface area contributed by atoms with Gasteiger partial charge < -0.3 is 15.2 Å². The van der Waals surface area contributed by atoms with E-state index in [1.165, 1.54) is 18.2 Å². The number of nitrogens with one attached hydrogen (secondary N) is 2. The molecule has 0 atom stereocenters. The summed E-state index contributed by atoms with van der Waals surface area (Å²) in [6.45, 7) is 1.76. The van der Waals surface area contributed by atoms with E-state index in [0.717, 1.165) is 23.8 Å². The fourth-order valence-corrected chi connectivity index (χ4v) is 5.76. The number of para-hydroxylation sites is 1. The van der Waals surface area contributed by atoms with Crippen LogP contribution >= 0.6 is 0 Å². The Kier molecular flexibility index (Phi) is 7.26. The number of nitrogens with zero attached hydrogens (tertiary/aromatic N) is 1. The topological polar surface area (TPSA) is 80.2 Å². The lowest BCUT2D eigenvalue weighted by molar-refractivity contribution is -0.137. The highest BCUT2D eigenvalue weighted by molar-refractivity contribution is 7.91. The van der Waals surface area contributed by atoms with Crippen molar-refractivity contribution in [2.75, 3.05) is 17.6 Å². The third-order valence-corrected chi connectivity index (χ3v) is 7.72. The molecule has 0 saturated heterocycles. The van der Waals surface area contributed by atoms with Gasteiger partial charge in [0.1, 0.15) is 5.82 Å². The zero-order valence-electron chi connectivity index (χ0n) is 19.6. The Morgan fingerprint density at radius 2 is 1.68 bits per heavy atom. The molecule has 1 aromatic heterocycles. The maximum atomic E-state index is 13.3. The number of halogens is 4. The molecule has 0 bridgehead atoms. The van der Waals surface area contributed by atoms with Gasteiger partial charge in [-0.15, -0.1) is 0 Å². The van der Waals surface area contributed by atoms with Gasteiger partial charge in [0.2, 0.25) is 0 Å². The van der Waals surface area contributed by atoms with Crippen molar-refractivity contribution < 1.29 is 30.8 Å². The van der Waals surface area contributed by atoms with E-state index in [4.69, 9.17) is 0 Å². The van der Waals surface area contributed by atoms with Crippen molar-refractivity contribution in [1.82, 2.24) is 9.88 Å². The van der Waals surface area contributed by atoms with E-state index in [9.17, 15) is 30.8 Å². The molecule has 2 amide bonds. The van der Waals surface area contributed by atoms with Crippen LogP contribution in [-0.2, 0) is 22.6 Å². The minimum absolute atomic E-state index is 0.0742. The standard InChI is InChI=1S/C26H23F4N3O3S/c1-17-24(22-7-2-3-8-23(22)33(17)16-18-9-11-20(27)12-10-18)37(35,36)14-13-31-25(34)32-21-6-4-5-19(15-21)26(28,29)30/h2-12,15H,13-14,16H2,1H3,(H2,31,32,34). The molecule has 0 spiro atoms. The summed E-state index contributed by atoms with van der Waals surface area (Å²) < 4.78 is 80.4. The van der Waals surface area contributed by atoms with Crippen molar-refractivity contribution in [3.8, 4) is 0 Å². The highest BCUT2D eigenvalue weighted by Gasteiger charge is 2.30. The Balaban J connectivity index is 1.49. The van der Waals surface area contributed by atoms with E-state index in [1.54, 1.807) is 43.3 Å². The average molecular weight is 534 g/mol. The van der Waals surface area contributed by atoms with E-state index in [0.29, 0.717) is 23.1 Å². The third kappa shape index (κ3) is 5.93. The Morgan fingerprint density at radius 1 is 0.973 bits per heavy atom.